The van der Waals surface area contributed by atoms with Crippen LogP contribution >= 0.6 is 11.6 Å². The molecule has 5 nitrogen and oxygen atoms in total. The van der Waals surface area contributed by atoms with Crippen LogP contribution in [0.4, 0.5) is 5.95 Å². The van der Waals surface area contributed by atoms with Crippen molar-refractivity contribution in [3.05, 3.63) is 5.28 Å². The first-order valence-electron chi connectivity index (χ1n) is 4.96. The molecule has 1 atom stereocenters. The monoisotopic (exact) mass is 240 g/mol. The van der Waals surface area contributed by atoms with Gasteiger partial charge >= 0.3 is 6.01 Å². The Labute approximate surface area is 99.6 Å². The summed E-state index contributed by atoms with van der Waals surface area (Å²) in [7, 11) is 0. The van der Waals surface area contributed by atoms with Crippen LogP contribution in [-0.4, -0.2) is 27.6 Å². The molecule has 0 bridgehead atoms. The number of nitrogens with zero attached hydrogens (tertiary/aromatic N) is 3. The summed E-state index contributed by atoms with van der Waals surface area (Å²) in [5.74, 6) is 2.90. The van der Waals surface area contributed by atoms with E-state index in [-0.39, 0.29) is 17.3 Å². The lowest BCUT2D eigenvalue weighted by atomic mass is 10.2. The van der Waals surface area contributed by atoms with Crippen molar-refractivity contribution in [1.29, 1.82) is 0 Å². The van der Waals surface area contributed by atoms with Crippen LogP contribution in [0.1, 0.15) is 20.3 Å². The number of ether oxygens (including phenoxy) is 1. The largest absolute Gasteiger partial charge is 0.464 e. The molecular formula is C10H13ClN4O. The highest BCUT2D eigenvalue weighted by molar-refractivity contribution is 6.28. The molecule has 1 aromatic heterocycles. The second-order valence-electron chi connectivity index (χ2n) is 2.92. The van der Waals surface area contributed by atoms with Crippen LogP contribution in [0.5, 0.6) is 6.01 Å². The maximum Gasteiger partial charge on any atom is 0.322 e. The van der Waals surface area contributed by atoms with E-state index in [9.17, 15) is 0 Å². The maximum absolute atomic E-state index is 5.72. The maximum atomic E-state index is 5.72. The number of aromatic nitrogens is 3. The van der Waals surface area contributed by atoms with Crippen LogP contribution in [0.3, 0.4) is 0 Å². The van der Waals surface area contributed by atoms with Crippen LogP contribution in [0, 0.1) is 12.3 Å². The van der Waals surface area contributed by atoms with Crippen molar-refractivity contribution in [2.24, 2.45) is 0 Å². The highest BCUT2D eigenvalue weighted by Crippen LogP contribution is 2.12. The molecule has 1 aromatic rings. The van der Waals surface area contributed by atoms with Gasteiger partial charge in [-0.15, -0.1) is 6.42 Å². The fourth-order valence-electron chi connectivity index (χ4n) is 1.01. The summed E-state index contributed by atoms with van der Waals surface area (Å²) in [6, 6.07) is 0.0600. The molecular weight excluding hydrogens is 228 g/mol. The molecule has 0 spiro atoms. The molecule has 6 heteroatoms. The first-order chi connectivity index (χ1) is 7.69. The van der Waals surface area contributed by atoms with E-state index in [1.165, 1.54) is 0 Å². The third kappa shape index (κ3) is 3.55. The molecule has 0 amide bonds. The zero-order chi connectivity index (χ0) is 12.0. The molecule has 1 rings (SSSR count). The Morgan fingerprint density at radius 2 is 2.19 bits per heavy atom. The molecule has 1 N–H and O–H groups in total. The van der Waals surface area contributed by atoms with E-state index in [1.54, 1.807) is 0 Å². The molecule has 0 aliphatic heterocycles. The van der Waals surface area contributed by atoms with Gasteiger partial charge in [0, 0.05) is 0 Å². The van der Waals surface area contributed by atoms with Crippen LogP contribution < -0.4 is 10.1 Å². The number of rotatable bonds is 5. The zero-order valence-corrected chi connectivity index (χ0v) is 9.95. The number of hydrogen-bond donors (Lipinski definition) is 1. The number of anilines is 1. The van der Waals surface area contributed by atoms with Crippen LogP contribution in [-0.2, 0) is 0 Å². The van der Waals surface area contributed by atoms with Gasteiger partial charge in [0.1, 0.15) is 0 Å². The van der Waals surface area contributed by atoms with Crippen molar-refractivity contribution in [2.45, 2.75) is 26.3 Å². The average molecular weight is 241 g/mol. The van der Waals surface area contributed by atoms with Gasteiger partial charge in [0.05, 0.1) is 12.6 Å². The molecule has 0 saturated carbocycles. The minimum absolute atomic E-state index is 0.0767. The van der Waals surface area contributed by atoms with Gasteiger partial charge in [0.2, 0.25) is 11.2 Å². The second kappa shape index (κ2) is 6.13. The normalized spacial score (nSPS) is 11.6. The summed E-state index contributed by atoms with van der Waals surface area (Å²) in [6.07, 6.45) is 6.09. The van der Waals surface area contributed by atoms with Gasteiger partial charge in [0.15, 0.2) is 0 Å². The van der Waals surface area contributed by atoms with Crippen molar-refractivity contribution in [3.63, 3.8) is 0 Å². The van der Waals surface area contributed by atoms with Gasteiger partial charge in [-0.05, 0) is 24.9 Å². The van der Waals surface area contributed by atoms with Crippen molar-refractivity contribution in [1.82, 2.24) is 15.0 Å². The number of nitrogens with one attached hydrogen (secondary N) is 1. The summed E-state index contributed by atoms with van der Waals surface area (Å²) >= 11 is 5.72. The number of terminal acetylenes is 1. The van der Waals surface area contributed by atoms with Gasteiger partial charge in [0.25, 0.3) is 0 Å². The first-order valence-corrected chi connectivity index (χ1v) is 5.34. The SMILES string of the molecule is C#CC(CC)Nc1nc(Cl)nc(OCC)n1. The summed E-state index contributed by atoms with van der Waals surface area (Å²) in [6.45, 7) is 4.26. The lowest BCUT2D eigenvalue weighted by Gasteiger charge is -2.10. The van der Waals surface area contributed by atoms with E-state index >= 15 is 0 Å². The molecule has 0 aliphatic carbocycles. The summed E-state index contributed by atoms with van der Waals surface area (Å²) < 4.78 is 5.14. The lowest BCUT2D eigenvalue weighted by Crippen LogP contribution is -2.18. The predicted octanol–water partition coefficient (Wildman–Crippen LogP) is 1.75. The van der Waals surface area contributed by atoms with E-state index in [0.717, 1.165) is 6.42 Å². The molecule has 0 aromatic carbocycles. The van der Waals surface area contributed by atoms with E-state index in [1.807, 2.05) is 13.8 Å². The van der Waals surface area contributed by atoms with Crippen LogP contribution in [0.2, 0.25) is 5.28 Å². The van der Waals surface area contributed by atoms with Gasteiger partial charge in [-0.25, -0.2) is 0 Å². The Bertz CT molecular complexity index is 391. The van der Waals surface area contributed by atoms with E-state index in [2.05, 4.69) is 26.2 Å². The van der Waals surface area contributed by atoms with E-state index in [4.69, 9.17) is 22.8 Å². The van der Waals surface area contributed by atoms with Crippen molar-refractivity contribution in [3.8, 4) is 18.4 Å². The molecule has 16 heavy (non-hydrogen) atoms. The van der Waals surface area contributed by atoms with E-state index in [0.29, 0.717) is 12.6 Å². The molecule has 0 saturated heterocycles. The van der Waals surface area contributed by atoms with Crippen molar-refractivity contribution in [2.75, 3.05) is 11.9 Å². The topological polar surface area (TPSA) is 59.9 Å². The third-order valence-electron chi connectivity index (χ3n) is 1.77. The van der Waals surface area contributed by atoms with Crippen molar-refractivity contribution >= 4 is 17.5 Å². The fraction of sp³-hybridized carbons (Fsp3) is 0.500. The summed E-state index contributed by atoms with van der Waals surface area (Å²) in [5, 5.41) is 3.03. The number of halogens is 1. The Morgan fingerprint density at radius 1 is 1.44 bits per heavy atom. The molecule has 1 unspecified atom stereocenters. The quantitative estimate of drug-likeness (QED) is 0.795. The molecule has 1 heterocycles. The number of hydrogen-bond acceptors (Lipinski definition) is 5. The Balaban J connectivity index is 2.84. The Hall–Kier alpha value is -1.54. The molecule has 86 valence electrons. The Morgan fingerprint density at radius 3 is 2.75 bits per heavy atom. The molecule has 0 radical (unpaired) electrons. The first kappa shape index (κ1) is 12.5. The summed E-state index contributed by atoms with van der Waals surface area (Å²) in [5.41, 5.74) is 0. The third-order valence-corrected chi connectivity index (χ3v) is 1.94. The van der Waals surface area contributed by atoms with Gasteiger partial charge < -0.3 is 10.1 Å². The Kier molecular flexibility index (Phi) is 4.80. The van der Waals surface area contributed by atoms with Crippen molar-refractivity contribution < 1.29 is 4.74 Å². The zero-order valence-electron chi connectivity index (χ0n) is 9.20. The second-order valence-corrected chi connectivity index (χ2v) is 3.25. The average Bonchev–Trinajstić information content (AvgIpc) is 2.25. The van der Waals surface area contributed by atoms with E-state index < -0.39 is 0 Å². The van der Waals surface area contributed by atoms with Crippen LogP contribution in [0.15, 0.2) is 0 Å². The van der Waals surface area contributed by atoms with Gasteiger partial charge in [-0.3, -0.25) is 0 Å². The fourth-order valence-corrected chi connectivity index (χ4v) is 1.16. The standard InChI is InChI=1S/C10H13ClN4O/c1-4-7(5-2)12-9-13-8(11)14-10(15-9)16-6-3/h1,7H,5-6H2,2-3H3,(H,12,13,14,15). The lowest BCUT2D eigenvalue weighted by molar-refractivity contribution is 0.312. The van der Waals surface area contributed by atoms with Gasteiger partial charge in [-0.2, -0.15) is 15.0 Å². The smallest absolute Gasteiger partial charge is 0.322 e. The highest BCUT2D eigenvalue weighted by atomic mass is 35.5. The highest BCUT2D eigenvalue weighted by Gasteiger charge is 2.08. The van der Waals surface area contributed by atoms with Gasteiger partial charge in [-0.1, -0.05) is 12.8 Å². The molecule has 0 aliphatic rings. The van der Waals surface area contributed by atoms with Crippen LogP contribution in [0.25, 0.3) is 0 Å². The summed E-state index contributed by atoms with van der Waals surface area (Å²) in [4.78, 5) is 11.7. The minimum Gasteiger partial charge on any atom is -0.464 e. The minimum atomic E-state index is -0.132. The molecule has 0 fully saturated rings. The predicted molar refractivity (Wildman–Crippen MR) is 62.5 cm³/mol.